The zero-order valence-corrected chi connectivity index (χ0v) is 19.6. The zero-order valence-electron chi connectivity index (χ0n) is 17.3. The van der Waals surface area contributed by atoms with Crippen LogP contribution in [-0.4, -0.2) is 38.7 Å². The maximum absolute atomic E-state index is 11.9. The van der Waals surface area contributed by atoms with E-state index in [1.165, 1.54) is 0 Å². The number of carbonyl (C=O) groups is 1. The third kappa shape index (κ3) is 7.51. The molecule has 1 saturated heterocycles. The first-order valence-electron chi connectivity index (χ1n) is 10.2. The molecule has 1 aliphatic heterocycles. The fourth-order valence-electron chi connectivity index (χ4n) is 3.07. The summed E-state index contributed by atoms with van der Waals surface area (Å²) in [6, 6.07) is 11.8. The molecule has 31 heavy (non-hydrogen) atoms. The third-order valence-corrected chi connectivity index (χ3v) is 5.78. The van der Waals surface area contributed by atoms with Gasteiger partial charge >= 0.3 is 0 Å². The van der Waals surface area contributed by atoms with E-state index in [9.17, 15) is 4.79 Å². The normalized spacial score (nSPS) is 13.7. The number of hydrogen-bond acceptors (Lipinski definition) is 4. The van der Waals surface area contributed by atoms with Gasteiger partial charge in [0, 0.05) is 42.2 Å². The van der Waals surface area contributed by atoms with Gasteiger partial charge in [0.2, 0.25) is 5.91 Å². The Morgan fingerprint density at radius 3 is 2.77 bits per heavy atom. The number of nitrogens with one attached hydrogen (secondary N) is 3. The lowest BCUT2D eigenvalue weighted by atomic mass is 10.0. The lowest BCUT2D eigenvalue weighted by Gasteiger charge is -2.25. The molecule has 0 bridgehead atoms. The van der Waals surface area contributed by atoms with Gasteiger partial charge in [-0.15, -0.1) is 0 Å². The molecule has 2 aromatic rings. The maximum Gasteiger partial charge on any atom is 0.225 e. The van der Waals surface area contributed by atoms with Gasteiger partial charge in [-0.2, -0.15) is 0 Å². The number of ether oxygens (including phenoxy) is 1. The zero-order chi connectivity index (χ0) is 22.1. The highest BCUT2D eigenvalue weighted by atomic mass is 79.9. The second-order valence-electron chi connectivity index (χ2n) is 7.33. The van der Waals surface area contributed by atoms with Crippen molar-refractivity contribution in [3.63, 3.8) is 0 Å². The highest BCUT2D eigenvalue weighted by Gasteiger charge is 2.23. The van der Waals surface area contributed by atoms with Gasteiger partial charge in [0.15, 0.2) is 0 Å². The SMILES string of the molecule is C=CCOc1cc(/C=C/c2ccc(Cl)cc2Br)cc(CNCCNC(=O)C2CNC2)c1. The molecule has 1 aliphatic rings. The summed E-state index contributed by atoms with van der Waals surface area (Å²) < 4.78 is 6.70. The summed E-state index contributed by atoms with van der Waals surface area (Å²) in [5.41, 5.74) is 3.18. The molecule has 0 spiro atoms. The highest BCUT2D eigenvalue weighted by molar-refractivity contribution is 9.10. The van der Waals surface area contributed by atoms with Crippen molar-refractivity contribution >= 4 is 45.6 Å². The van der Waals surface area contributed by atoms with E-state index in [-0.39, 0.29) is 11.8 Å². The van der Waals surface area contributed by atoms with Crippen LogP contribution in [0.1, 0.15) is 16.7 Å². The van der Waals surface area contributed by atoms with Crippen molar-refractivity contribution in [1.29, 1.82) is 0 Å². The van der Waals surface area contributed by atoms with Crippen LogP contribution >= 0.6 is 27.5 Å². The van der Waals surface area contributed by atoms with Crippen molar-refractivity contribution in [2.45, 2.75) is 6.54 Å². The smallest absolute Gasteiger partial charge is 0.225 e. The van der Waals surface area contributed by atoms with Gasteiger partial charge < -0.3 is 20.7 Å². The van der Waals surface area contributed by atoms with Crippen LogP contribution in [0.25, 0.3) is 12.2 Å². The van der Waals surface area contributed by atoms with E-state index in [1.807, 2.05) is 42.5 Å². The summed E-state index contributed by atoms with van der Waals surface area (Å²) in [5.74, 6) is 1.04. The lowest BCUT2D eigenvalue weighted by Crippen LogP contribution is -2.51. The van der Waals surface area contributed by atoms with E-state index in [1.54, 1.807) is 6.08 Å². The van der Waals surface area contributed by atoms with Crippen molar-refractivity contribution in [1.82, 2.24) is 16.0 Å². The lowest BCUT2D eigenvalue weighted by molar-refractivity contribution is -0.126. The molecular formula is C24H27BrClN3O2. The Morgan fingerprint density at radius 2 is 2.06 bits per heavy atom. The molecule has 2 aromatic carbocycles. The Hall–Kier alpha value is -2.12. The summed E-state index contributed by atoms with van der Waals surface area (Å²) >= 11 is 9.57. The maximum atomic E-state index is 11.9. The fraction of sp³-hybridized carbons (Fsp3) is 0.292. The average Bonchev–Trinajstić information content (AvgIpc) is 2.70. The first-order chi connectivity index (χ1) is 15.0. The molecule has 5 nitrogen and oxygen atoms in total. The first kappa shape index (κ1) is 23.5. The summed E-state index contributed by atoms with van der Waals surface area (Å²) in [4.78, 5) is 11.9. The van der Waals surface area contributed by atoms with Crippen molar-refractivity contribution in [2.24, 2.45) is 5.92 Å². The molecule has 164 valence electrons. The van der Waals surface area contributed by atoms with E-state index in [2.05, 4.69) is 44.5 Å². The first-order valence-corrected chi connectivity index (χ1v) is 11.4. The Morgan fingerprint density at radius 1 is 1.23 bits per heavy atom. The van der Waals surface area contributed by atoms with Crippen LogP contribution in [0, 0.1) is 5.92 Å². The average molecular weight is 505 g/mol. The molecule has 0 saturated carbocycles. The molecule has 7 heteroatoms. The molecule has 0 atom stereocenters. The van der Waals surface area contributed by atoms with Gasteiger partial charge in [-0.25, -0.2) is 0 Å². The molecule has 1 heterocycles. The van der Waals surface area contributed by atoms with E-state index in [4.69, 9.17) is 16.3 Å². The molecule has 3 N–H and O–H groups in total. The summed E-state index contributed by atoms with van der Waals surface area (Å²) in [6.07, 6.45) is 5.81. The molecule has 1 amide bonds. The quantitative estimate of drug-likeness (QED) is 0.243. The summed E-state index contributed by atoms with van der Waals surface area (Å²) in [6.45, 7) is 7.71. The molecular weight excluding hydrogens is 478 g/mol. The minimum Gasteiger partial charge on any atom is -0.490 e. The number of amides is 1. The van der Waals surface area contributed by atoms with E-state index < -0.39 is 0 Å². The second kappa shape index (κ2) is 12.1. The molecule has 0 aliphatic carbocycles. The number of rotatable bonds is 11. The van der Waals surface area contributed by atoms with Gasteiger partial charge in [-0.3, -0.25) is 4.79 Å². The van der Waals surface area contributed by atoms with Gasteiger partial charge in [0.1, 0.15) is 12.4 Å². The van der Waals surface area contributed by atoms with Crippen molar-refractivity contribution in [2.75, 3.05) is 32.8 Å². The Kier molecular flexibility index (Phi) is 9.15. The van der Waals surface area contributed by atoms with Crippen LogP contribution in [0.15, 0.2) is 53.5 Å². The number of benzene rings is 2. The predicted octanol–water partition coefficient (Wildman–Crippen LogP) is 4.26. The van der Waals surface area contributed by atoms with Crippen LogP contribution in [-0.2, 0) is 11.3 Å². The van der Waals surface area contributed by atoms with Crippen molar-refractivity contribution < 1.29 is 9.53 Å². The second-order valence-corrected chi connectivity index (χ2v) is 8.62. The monoisotopic (exact) mass is 503 g/mol. The molecule has 0 aromatic heterocycles. The predicted molar refractivity (Wildman–Crippen MR) is 131 cm³/mol. The largest absolute Gasteiger partial charge is 0.490 e. The van der Waals surface area contributed by atoms with E-state index >= 15 is 0 Å². The molecule has 1 fully saturated rings. The number of hydrogen-bond donors (Lipinski definition) is 3. The van der Waals surface area contributed by atoms with Crippen LogP contribution < -0.4 is 20.7 Å². The fourth-order valence-corrected chi connectivity index (χ4v) is 3.89. The van der Waals surface area contributed by atoms with Crippen molar-refractivity contribution in [3.05, 3.63) is 75.2 Å². The van der Waals surface area contributed by atoms with Crippen molar-refractivity contribution in [3.8, 4) is 5.75 Å². The molecule has 0 unspecified atom stereocenters. The van der Waals surface area contributed by atoms with Crippen LogP contribution in [0.3, 0.4) is 0 Å². The minimum atomic E-state index is 0.119. The van der Waals surface area contributed by atoms with Crippen LogP contribution in [0.2, 0.25) is 5.02 Å². The summed E-state index contributed by atoms with van der Waals surface area (Å²) in [7, 11) is 0. The minimum absolute atomic E-state index is 0.119. The van der Waals surface area contributed by atoms with Gasteiger partial charge in [0.25, 0.3) is 0 Å². The molecule has 3 rings (SSSR count). The van der Waals surface area contributed by atoms with Crippen LogP contribution in [0.5, 0.6) is 5.75 Å². The number of carbonyl (C=O) groups excluding carboxylic acids is 1. The Labute approximate surface area is 197 Å². The topological polar surface area (TPSA) is 62.4 Å². The Bertz CT molecular complexity index is 944. The standard InChI is InChI=1S/C24H27BrClN3O2/c1-2-9-31-22-11-17(3-4-19-5-6-21(26)13-23(19)25)10-18(12-22)14-27-7-8-29-24(30)20-15-28-16-20/h2-6,10-13,20,27-28H,1,7-9,14-16H2,(H,29,30)/b4-3+. The van der Waals surface area contributed by atoms with Gasteiger partial charge in [-0.1, -0.05) is 64.5 Å². The van der Waals surface area contributed by atoms with Gasteiger partial charge in [-0.05, 0) is 41.0 Å². The van der Waals surface area contributed by atoms with E-state index in [0.717, 1.165) is 40.0 Å². The summed E-state index contributed by atoms with van der Waals surface area (Å²) in [5, 5.41) is 10.1. The van der Waals surface area contributed by atoms with E-state index in [0.29, 0.717) is 31.3 Å². The van der Waals surface area contributed by atoms with Crippen LogP contribution in [0.4, 0.5) is 0 Å². The number of halogens is 2. The molecule has 0 radical (unpaired) electrons. The van der Waals surface area contributed by atoms with Gasteiger partial charge in [0.05, 0.1) is 5.92 Å². The highest BCUT2D eigenvalue weighted by Crippen LogP contribution is 2.25. The third-order valence-electron chi connectivity index (χ3n) is 4.86. The Balaban J connectivity index is 1.60.